The number of hydrogen-bond donors (Lipinski definition) is 2. The highest BCUT2D eigenvalue weighted by Gasteiger charge is 2.11. The fourth-order valence-electron chi connectivity index (χ4n) is 3.81. The number of amides is 2. The van der Waals surface area contributed by atoms with E-state index in [9.17, 15) is 14.4 Å². The molecule has 0 saturated heterocycles. The van der Waals surface area contributed by atoms with Crippen LogP contribution in [0.1, 0.15) is 24.8 Å². The molecule has 2 N–H and O–H groups in total. The van der Waals surface area contributed by atoms with Gasteiger partial charge in [0.15, 0.2) is 6.61 Å². The van der Waals surface area contributed by atoms with Gasteiger partial charge in [0.25, 0.3) is 5.91 Å². The zero-order chi connectivity index (χ0) is 26.9. The van der Waals surface area contributed by atoms with E-state index in [-0.39, 0.29) is 25.4 Å². The Morgan fingerprint density at radius 1 is 0.816 bits per heavy atom. The fraction of sp³-hybridized carbons (Fsp3) is 0.167. The zero-order valence-corrected chi connectivity index (χ0v) is 22.4. The van der Waals surface area contributed by atoms with Crippen molar-refractivity contribution in [3.8, 4) is 11.5 Å². The van der Waals surface area contributed by atoms with Crippen LogP contribution < -0.4 is 15.4 Å². The van der Waals surface area contributed by atoms with Crippen LogP contribution in [0.5, 0.6) is 11.5 Å². The van der Waals surface area contributed by atoms with Crippen LogP contribution in [0.2, 0.25) is 0 Å². The third-order valence-corrected chi connectivity index (χ3v) is 6.22. The van der Waals surface area contributed by atoms with Crippen molar-refractivity contribution in [1.82, 2.24) is 0 Å². The first-order valence-corrected chi connectivity index (χ1v) is 12.9. The average Bonchev–Trinajstić information content (AvgIpc) is 2.90. The second-order valence-corrected chi connectivity index (χ2v) is 9.59. The Labute approximate surface area is 229 Å². The van der Waals surface area contributed by atoms with Gasteiger partial charge in [0.05, 0.1) is 0 Å². The van der Waals surface area contributed by atoms with Crippen molar-refractivity contribution in [2.75, 3.05) is 17.2 Å². The molecule has 0 aromatic heterocycles. The molecular formula is C30H27BrN2O5. The van der Waals surface area contributed by atoms with Gasteiger partial charge in [0.2, 0.25) is 5.91 Å². The summed E-state index contributed by atoms with van der Waals surface area (Å²) in [7, 11) is 0. The monoisotopic (exact) mass is 574 g/mol. The lowest BCUT2D eigenvalue weighted by Gasteiger charge is -2.10. The van der Waals surface area contributed by atoms with E-state index in [0.29, 0.717) is 23.5 Å². The van der Waals surface area contributed by atoms with E-state index in [4.69, 9.17) is 9.47 Å². The molecule has 0 radical (unpaired) electrons. The highest BCUT2D eigenvalue weighted by atomic mass is 79.9. The lowest BCUT2D eigenvalue weighted by atomic mass is 10.1. The molecule has 0 spiro atoms. The summed E-state index contributed by atoms with van der Waals surface area (Å²) in [5.41, 5.74) is 2.17. The number of fused-ring (bicyclic) bond motifs is 1. The predicted molar refractivity (Wildman–Crippen MR) is 151 cm³/mol. The largest absolute Gasteiger partial charge is 0.457 e. The second-order valence-electron chi connectivity index (χ2n) is 8.67. The van der Waals surface area contributed by atoms with Crippen LogP contribution in [0.15, 0.2) is 89.4 Å². The standard InChI is InChI=1S/C30H27BrN2O5/c1-20-18-22(31)12-17-26(20)33-29(35)19-37-30(36)11-5-10-28(34)32-23-13-15-24(16-14-23)38-27-9-4-7-21-6-2-3-8-25(21)27/h2-4,6-9,12-18H,5,10-11,19H2,1H3,(H,32,34)(H,33,35). The van der Waals surface area contributed by atoms with Gasteiger partial charge in [-0.2, -0.15) is 0 Å². The van der Waals surface area contributed by atoms with Gasteiger partial charge in [-0.3, -0.25) is 14.4 Å². The van der Waals surface area contributed by atoms with E-state index >= 15 is 0 Å². The minimum Gasteiger partial charge on any atom is -0.457 e. The Kier molecular flexibility index (Phi) is 9.11. The number of carbonyl (C=O) groups excluding carboxylic acids is 3. The van der Waals surface area contributed by atoms with E-state index in [1.54, 1.807) is 30.3 Å². The average molecular weight is 575 g/mol. The minimum absolute atomic E-state index is 0.0375. The molecular weight excluding hydrogens is 548 g/mol. The Morgan fingerprint density at radius 2 is 1.58 bits per heavy atom. The van der Waals surface area contributed by atoms with Crippen molar-refractivity contribution in [1.29, 1.82) is 0 Å². The molecule has 7 nitrogen and oxygen atoms in total. The quantitative estimate of drug-likeness (QED) is 0.199. The molecule has 4 aromatic carbocycles. The zero-order valence-electron chi connectivity index (χ0n) is 20.8. The molecule has 0 aliphatic heterocycles. The number of benzene rings is 4. The number of aryl methyl sites for hydroxylation is 1. The molecule has 0 saturated carbocycles. The van der Waals surface area contributed by atoms with Gasteiger partial charge in [-0.15, -0.1) is 0 Å². The van der Waals surface area contributed by atoms with Gasteiger partial charge in [-0.25, -0.2) is 0 Å². The van der Waals surface area contributed by atoms with Gasteiger partial charge in [0.1, 0.15) is 11.5 Å². The number of rotatable bonds is 10. The highest BCUT2D eigenvalue weighted by molar-refractivity contribution is 9.10. The van der Waals surface area contributed by atoms with Crippen LogP contribution >= 0.6 is 15.9 Å². The lowest BCUT2D eigenvalue weighted by Crippen LogP contribution is -2.21. The van der Waals surface area contributed by atoms with E-state index in [1.807, 2.05) is 61.5 Å². The van der Waals surface area contributed by atoms with Gasteiger partial charge in [-0.1, -0.05) is 52.3 Å². The molecule has 0 atom stereocenters. The Hall–Kier alpha value is -4.17. The third-order valence-electron chi connectivity index (χ3n) is 5.73. The van der Waals surface area contributed by atoms with Crippen molar-refractivity contribution < 1.29 is 23.9 Å². The normalized spacial score (nSPS) is 10.6. The highest BCUT2D eigenvalue weighted by Crippen LogP contribution is 2.30. The molecule has 2 amide bonds. The number of hydrogen-bond acceptors (Lipinski definition) is 5. The summed E-state index contributed by atoms with van der Waals surface area (Å²) < 4.78 is 12.0. The van der Waals surface area contributed by atoms with Crippen molar-refractivity contribution in [2.45, 2.75) is 26.2 Å². The van der Waals surface area contributed by atoms with Crippen molar-refractivity contribution in [3.05, 3.63) is 95.0 Å². The number of nitrogens with one attached hydrogen (secondary N) is 2. The Balaban J connectivity index is 1.16. The number of esters is 1. The topological polar surface area (TPSA) is 93.7 Å². The molecule has 194 valence electrons. The number of anilines is 2. The predicted octanol–water partition coefficient (Wildman–Crippen LogP) is 6.99. The molecule has 0 heterocycles. The maximum atomic E-state index is 12.3. The van der Waals surface area contributed by atoms with Crippen LogP contribution in [-0.2, 0) is 19.1 Å². The Morgan fingerprint density at radius 3 is 2.37 bits per heavy atom. The molecule has 0 unspecified atom stereocenters. The lowest BCUT2D eigenvalue weighted by molar-refractivity contribution is -0.147. The summed E-state index contributed by atoms with van der Waals surface area (Å²) in [6, 6.07) is 26.4. The maximum absolute atomic E-state index is 12.3. The summed E-state index contributed by atoms with van der Waals surface area (Å²) in [6.45, 7) is 1.49. The van der Waals surface area contributed by atoms with Gasteiger partial charge in [0, 0.05) is 34.1 Å². The molecule has 0 fully saturated rings. The Bertz CT molecular complexity index is 1450. The molecule has 38 heavy (non-hydrogen) atoms. The first-order chi connectivity index (χ1) is 18.4. The van der Waals surface area contributed by atoms with Crippen LogP contribution in [0, 0.1) is 6.92 Å². The summed E-state index contributed by atoms with van der Waals surface area (Å²) >= 11 is 3.37. The van der Waals surface area contributed by atoms with Crippen molar-refractivity contribution in [3.63, 3.8) is 0 Å². The number of halogens is 1. The summed E-state index contributed by atoms with van der Waals surface area (Å²) in [5.74, 6) is 0.239. The number of carbonyl (C=O) groups is 3. The molecule has 0 bridgehead atoms. The fourth-order valence-corrected chi connectivity index (χ4v) is 4.28. The van der Waals surface area contributed by atoms with Crippen LogP contribution in [0.25, 0.3) is 10.8 Å². The summed E-state index contributed by atoms with van der Waals surface area (Å²) in [5, 5.41) is 7.63. The van der Waals surface area contributed by atoms with E-state index in [0.717, 1.165) is 26.6 Å². The smallest absolute Gasteiger partial charge is 0.306 e. The maximum Gasteiger partial charge on any atom is 0.306 e. The summed E-state index contributed by atoms with van der Waals surface area (Å²) in [6.07, 6.45) is 0.490. The molecule has 4 rings (SSSR count). The van der Waals surface area contributed by atoms with E-state index in [2.05, 4.69) is 26.6 Å². The molecule has 8 heteroatoms. The summed E-state index contributed by atoms with van der Waals surface area (Å²) in [4.78, 5) is 36.3. The molecule has 0 aliphatic carbocycles. The first-order valence-electron chi connectivity index (χ1n) is 12.1. The molecule has 4 aromatic rings. The van der Waals surface area contributed by atoms with Gasteiger partial charge < -0.3 is 20.1 Å². The second kappa shape index (κ2) is 12.9. The van der Waals surface area contributed by atoms with Crippen LogP contribution in [0.3, 0.4) is 0 Å². The molecule has 0 aliphatic rings. The van der Waals surface area contributed by atoms with E-state index < -0.39 is 11.9 Å². The number of ether oxygens (including phenoxy) is 2. The van der Waals surface area contributed by atoms with Crippen LogP contribution in [-0.4, -0.2) is 24.4 Å². The van der Waals surface area contributed by atoms with Crippen LogP contribution in [0.4, 0.5) is 11.4 Å². The van der Waals surface area contributed by atoms with E-state index in [1.165, 1.54) is 0 Å². The minimum atomic E-state index is -0.532. The first kappa shape index (κ1) is 26.9. The SMILES string of the molecule is Cc1cc(Br)ccc1NC(=O)COC(=O)CCCC(=O)Nc1ccc(Oc2cccc3ccccc23)cc1. The van der Waals surface area contributed by atoms with Gasteiger partial charge >= 0.3 is 5.97 Å². The third kappa shape index (κ3) is 7.66. The van der Waals surface area contributed by atoms with Crippen molar-refractivity contribution in [2.24, 2.45) is 0 Å². The van der Waals surface area contributed by atoms with Gasteiger partial charge in [-0.05, 0) is 72.8 Å². The van der Waals surface area contributed by atoms with Crippen molar-refractivity contribution >= 4 is 55.9 Å².